The smallest absolute Gasteiger partial charge is 0.472 e. The molecule has 316 valence electrons. The van der Waals surface area contributed by atoms with E-state index in [1.165, 1.54) is 13.1 Å². The second kappa shape index (κ2) is 22.2. The van der Waals surface area contributed by atoms with Gasteiger partial charge < -0.3 is 29.3 Å². The average Bonchev–Trinajstić information content (AvgIpc) is 3.57. The van der Waals surface area contributed by atoms with Gasteiger partial charge in [-0.1, -0.05) is 6.07 Å². The van der Waals surface area contributed by atoms with E-state index in [4.69, 9.17) is 37.4 Å². The maximum absolute atomic E-state index is 13.7. The van der Waals surface area contributed by atoms with E-state index in [-0.39, 0.29) is 51.6 Å². The lowest BCUT2D eigenvalue weighted by Gasteiger charge is -2.34. The van der Waals surface area contributed by atoms with Crippen molar-refractivity contribution < 1.29 is 56.5 Å². The number of aliphatic hydroxyl groups is 2. The molecule has 0 amide bonds. The molecule has 0 radical (unpaired) electrons. The summed E-state index contributed by atoms with van der Waals surface area (Å²) in [6.07, 6.45) is 0.581. The molecule has 4 heterocycles. The van der Waals surface area contributed by atoms with Crippen molar-refractivity contribution in [2.45, 2.75) is 38.2 Å². The Morgan fingerprint density at radius 3 is 2.19 bits per heavy atom. The number of pyridine rings is 1. The molecule has 2 aliphatic heterocycles. The molecule has 2 aromatic heterocycles. The summed E-state index contributed by atoms with van der Waals surface area (Å²) in [5.74, 6) is 1.17. The second-order valence-electron chi connectivity index (χ2n) is 13.2. The Morgan fingerprint density at radius 1 is 0.895 bits per heavy atom. The van der Waals surface area contributed by atoms with E-state index in [9.17, 15) is 28.7 Å². The lowest BCUT2D eigenvalue weighted by Crippen LogP contribution is -2.48. The van der Waals surface area contributed by atoms with Crippen LogP contribution in [0.3, 0.4) is 0 Å². The number of aliphatic hydroxyl groups excluding tert-OH is 2. The first-order valence-electron chi connectivity index (χ1n) is 18.6. The Labute approximate surface area is 329 Å². The molecule has 0 bridgehead atoms. The van der Waals surface area contributed by atoms with Crippen LogP contribution in [-0.2, 0) is 38.4 Å². The van der Waals surface area contributed by atoms with Gasteiger partial charge in [0.25, 0.3) is 5.56 Å². The van der Waals surface area contributed by atoms with Crippen LogP contribution in [0.5, 0.6) is 11.5 Å². The van der Waals surface area contributed by atoms with E-state index in [2.05, 4.69) is 24.9 Å². The molecule has 57 heavy (non-hydrogen) atoms. The van der Waals surface area contributed by atoms with Crippen LogP contribution >= 0.6 is 15.6 Å². The number of H-pyrrole nitrogens is 1. The Kier molecular flexibility index (Phi) is 17.4. The number of aromatic nitrogens is 3. The number of rotatable bonds is 24. The van der Waals surface area contributed by atoms with Gasteiger partial charge in [0.15, 0.2) is 0 Å². The molecule has 0 saturated carbocycles. The van der Waals surface area contributed by atoms with Gasteiger partial charge in [-0.25, -0.2) is 19.0 Å². The SMILES string of the molecule is Cc1cn([C@H]2C[C@H](O)[C@@H](COP(=O)(O)OCCN3CCN(CCOP(=O)(NCCc4ccccn4)OCCOc4ccc(OCCO)cc4)CC3)O2)c(=O)[nH]c1=O. The van der Waals surface area contributed by atoms with Crippen molar-refractivity contribution in [2.75, 3.05) is 92.1 Å². The van der Waals surface area contributed by atoms with Gasteiger partial charge in [-0.15, -0.1) is 0 Å². The largest absolute Gasteiger partial charge is 0.491 e. The number of hydrogen-bond acceptors (Lipinski definition) is 16. The Bertz CT molecular complexity index is 1880. The molecule has 5 rings (SSSR count). The van der Waals surface area contributed by atoms with Crippen LogP contribution in [0.15, 0.2) is 64.4 Å². The third kappa shape index (κ3) is 14.8. The number of aryl methyl sites for hydroxylation is 1. The number of hydrogen-bond donors (Lipinski definition) is 5. The van der Waals surface area contributed by atoms with Gasteiger partial charge in [-0.2, -0.15) is 0 Å². The lowest BCUT2D eigenvalue weighted by atomic mass is 10.2. The molecular formula is C35H52N6O14P2. The topological polar surface area (TPSA) is 246 Å². The van der Waals surface area contributed by atoms with Crippen molar-refractivity contribution in [1.29, 1.82) is 0 Å². The number of ether oxygens (including phenoxy) is 3. The Morgan fingerprint density at radius 2 is 1.54 bits per heavy atom. The zero-order valence-corrected chi connectivity index (χ0v) is 33.5. The van der Waals surface area contributed by atoms with Crippen molar-refractivity contribution in [3.05, 3.63) is 87.0 Å². The minimum absolute atomic E-state index is 0.000397. The maximum atomic E-state index is 13.7. The van der Waals surface area contributed by atoms with E-state index in [1.54, 1.807) is 30.5 Å². The highest BCUT2D eigenvalue weighted by Gasteiger charge is 2.38. The predicted octanol–water partition coefficient (Wildman–Crippen LogP) is 1.06. The molecule has 20 nitrogen and oxygen atoms in total. The zero-order chi connectivity index (χ0) is 40.7. The average molecular weight is 843 g/mol. The first-order valence-corrected chi connectivity index (χ1v) is 21.7. The number of aromatic amines is 1. The molecule has 2 fully saturated rings. The molecule has 2 aliphatic rings. The third-order valence-corrected chi connectivity index (χ3v) is 11.7. The van der Waals surface area contributed by atoms with Crippen LogP contribution in [0.4, 0.5) is 0 Å². The van der Waals surface area contributed by atoms with Gasteiger partial charge in [0.2, 0.25) is 0 Å². The van der Waals surface area contributed by atoms with E-state index >= 15 is 0 Å². The third-order valence-electron chi connectivity index (χ3n) is 9.07. The minimum atomic E-state index is -4.48. The number of piperazine rings is 1. The van der Waals surface area contributed by atoms with Crippen molar-refractivity contribution in [2.24, 2.45) is 0 Å². The molecule has 2 saturated heterocycles. The molecule has 22 heteroatoms. The summed E-state index contributed by atoms with van der Waals surface area (Å²) in [4.78, 5) is 44.8. The standard InChI is InChI=1S/C35H52N6O14P2/c1-27-25-41(35(45)38-34(27)44)33-24-31(43)32(55-33)26-54-57(47,48)53-20-17-40-14-12-39(13-15-40)16-19-51-56(46,37-11-9-28-4-2-3-10-36-28)52-23-22-50-30-7-5-29(6-8-30)49-21-18-42/h2-8,10,25,31-33,42-43H,9,11-24,26H2,1H3,(H,37,46)(H,47,48)(H,38,44,45)/t31-,32+,33+,56?/m0/s1. The fourth-order valence-corrected chi connectivity index (χ4v) is 7.96. The summed E-state index contributed by atoms with van der Waals surface area (Å²) < 4.78 is 66.0. The maximum Gasteiger partial charge on any atom is 0.472 e. The Balaban J connectivity index is 0.985. The van der Waals surface area contributed by atoms with Gasteiger partial charge in [-0.3, -0.25) is 47.2 Å². The quantitative estimate of drug-likeness (QED) is 0.0625. The first kappa shape index (κ1) is 44.8. The number of nitrogens with zero attached hydrogens (tertiary/aromatic N) is 4. The van der Waals surface area contributed by atoms with Crippen molar-refractivity contribution in [1.82, 2.24) is 29.4 Å². The summed E-state index contributed by atoms with van der Waals surface area (Å²) in [6.45, 7) is 5.17. The number of phosphoric acid groups is 1. The van der Waals surface area contributed by atoms with Gasteiger partial charge in [-0.05, 0) is 43.3 Å². The highest BCUT2D eigenvalue weighted by molar-refractivity contribution is 7.51. The summed E-state index contributed by atoms with van der Waals surface area (Å²) in [5.41, 5.74) is -0.107. The highest BCUT2D eigenvalue weighted by Crippen LogP contribution is 2.45. The second-order valence-corrected chi connectivity index (χ2v) is 16.5. The van der Waals surface area contributed by atoms with Crippen LogP contribution in [0.2, 0.25) is 0 Å². The van der Waals surface area contributed by atoms with Crippen LogP contribution in [0.25, 0.3) is 0 Å². The summed E-state index contributed by atoms with van der Waals surface area (Å²) in [6, 6.07) is 12.5. The van der Waals surface area contributed by atoms with Crippen molar-refractivity contribution in [3.8, 4) is 11.5 Å². The van der Waals surface area contributed by atoms with Gasteiger partial charge >= 0.3 is 21.3 Å². The van der Waals surface area contributed by atoms with Crippen molar-refractivity contribution in [3.63, 3.8) is 0 Å². The molecule has 5 N–H and O–H groups in total. The highest BCUT2D eigenvalue weighted by atomic mass is 31.2. The monoisotopic (exact) mass is 842 g/mol. The molecule has 1 aromatic carbocycles. The van der Waals surface area contributed by atoms with Gasteiger partial charge in [0, 0.05) is 82.3 Å². The number of benzene rings is 1. The van der Waals surface area contributed by atoms with Gasteiger partial charge in [0.1, 0.15) is 37.0 Å². The van der Waals surface area contributed by atoms with E-state index < -0.39 is 51.9 Å². The fraction of sp³-hybridized carbons (Fsp3) is 0.571. The van der Waals surface area contributed by atoms with Gasteiger partial charge in [0.05, 0.1) is 39.1 Å². The molecule has 2 unspecified atom stereocenters. The minimum Gasteiger partial charge on any atom is -0.491 e. The van der Waals surface area contributed by atoms with Crippen LogP contribution in [0.1, 0.15) is 23.9 Å². The molecule has 3 aromatic rings. The van der Waals surface area contributed by atoms with Crippen LogP contribution in [0, 0.1) is 6.92 Å². The summed E-state index contributed by atoms with van der Waals surface area (Å²) in [5, 5.41) is 22.3. The molecule has 0 spiro atoms. The van der Waals surface area contributed by atoms with E-state index in [0.29, 0.717) is 63.7 Å². The normalized spacial score (nSPS) is 21.2. The molecule has 5 atom stereocenters. The van der Waals surface area contributed by atoms with E-state index in [1.807, 2.05) is 18.2 Å². The lowest BCUT2D eigenvalue weighted by molar-refractivity contribution is -0.0468. The number of phosphoric ester groups is 1. The summed E-state index contributed by atoms with van der Waals surface area (Å²) in [7, 11) is -8.20. The predicted molar refractivity (Wildman–Crippen MR) is 205 cm³/mol. The molecular weight excluding hydrogens is 790 g/mol. The van der Waals surface area contributed by atoms with Crippen molar-refractivity contribution >= 4 is 15.6 Å². The van der Waals surface area contributed by atoms with E-state index in [0.717, 1.165) is 10.3 Å². The van der Waals surface area contributed by atoms with Crippen LogP contribution < -0.4 is 25.8 Å². The number of nitrogens with one attached hydrogen (secondary N) is 2. The Hall–Kier alpha value is -3.33. The summed E-state index contributed by atoms with van der Waals surface area (Å²) >= 11 is 0. The fourth-order valence-electron chi connectivity index (χ4n) is 5.96. The zero-order valence-electron chi connectivity index (χ0n) is 31.8. The van der Waals surface area contributed by atoms with Crippen LogP contribution in [-0.4, -0.2) is 144 Å². The molecule has 0 aliphatic carbocycles. The first-order chi connectivity index (χ1) is 27.4.